The van der Waals surface area contributed by atoms with Crippen molar-refractivity contribution in [1.29, 1.82) is 0 Å². The molecule has 0 radical (unpaired) electrons. The van der Waals surface area contributed by atoms with Gasteiger partial charge in [0.2, 0.25) is 0 Å². The highest BCUT2D eigenvalue weighted by Gasteiger charge is 1.99. The van der Waals surface area contributed by atoms with Crippen LogP contribution in [-0.4, -0.2) is 26.2 Å². The van der Waals surface area contributed by atoms with Crippen LogP contribution in [0.5, 0.6) is 0 Å². The third kappa shape index (κ3) is 10.9. The smallest absolute Gasteiger partial charge is 0.261 e. The number of halogens is 3. The summed E-state index contributed by atoms with van der Waals surface area (Å²) in [5.41, 5.74) is 5.08. The van der Waals surface area contributed by atoms with E-state index in [1.807, 2.05) is 0 Å². The molecule has 0 saturated heterocycles. The van der Waals surface area contributed by atoms with E-state index >= 15 is 0 Å². The number of hydrogen-bond acceptors (Lipinski definition) is 2. The van der Waals surface area contributed by atoms with Crippen LogP contribution in [0.4, 0.5) is 8.78 Å². The van der Waals surface area contributed by atoms with E-state index in [0.717, 1.165) is 0 Å². The average Bonchev–Trinajstić information content (AvgIpc) is 1.80. The Hall–Kier alpha value is 0.0700. The molecular weight excluding hydrogens is 164 g/mol. The van der Waals surface area contributed by atoms with E-state index in [-0.39, 0.29) is 12.4 Å². The quantitative estimate of drug-likeness (QED) is 0.634. The zero-order valence-corrected chi connectivity index (χ0v) is 6.37. The molecular formula is C5H12ClF2NO. The molecule has 0 aromatic carbocycles. The zero-order chi connectivity index (χ0) is 7.11. The van der Waals surface area contributed by atoms with Crippen LogP contribution >= 0.6 is 12.4 Å². The van der Waals surface area contributed by atoms with Crippen molar-refractivity contribution in [3.63, 3.8) is 0 Å². The number of hydrogen-bond donors (Lipinski definition) is 1. The van der Waals surface area contributed by atoms with Gasteiger partial charge < -0.3 is 10.5 Å². The fourth-order valence-corrected chi connectivity index (χ4v) is 0.358. The minimum absolute atomic E-state index is 0. The lowest BCUT2D eigenvalue weighted by Gasteiger charge is -1.99. The summed E-state index contributed by atoms with van der Waals surface area (Å²) in [6.07, 6.45) is -1.71. The zero-order valence-electron chi connectivity index (χ0n) is 5.56. The lowest BCUT2D eigenvalue weighted by Crippen LogP contribution is -2.08. The van der Waals surface area contributed by atoms with Crippen LogP contribution in [0.25, 0.3) is 0 Å². The first kappa shape index (κ1) is 12.7. The second-order valence-corrected chi connectivity index (χ2v) is 1.61. The predicted octanol–water partition coefficient (Wildman–Crippen LogP) is 1.04. The first-order chi connectivity index (χ1) is 4.27. The maximum absolute atomic E-state index is 11.3. The van der Waals surface area contributed by atoms with Crippen molar-refractivity contribution in [1.82, 2.24) is 0 Å². The molecule has 0 aliphatic carbocycles. The van der Waals surface area contributed by atoms with Crippen LogP contribution in [0, 0.1) is 0 Å². The molecule has 0 fully saturated rings. The van der Waals surface area contributed by atoms with Crippen LogP contribution in [0.1, 0.15) is 6.42 Å². The fraction of sp³-hybridized carbons (Fsp3) is 1.00. The highest BCUT2D eigenvalue weighted by atomic mass is 35.5. The Balaban J connectivity index is 0. The Labute approximate surface area is 65.1 Å². The maximum atomic E-state index is 11.3. The fourth-order valence-electron chi connectivity index (χ4n) is 0.358. The van der Waals surface area contributed by atoms with Gasteiger partial charge in [0.1, 0.15) is 6.61 Å². The first-order valence-electron chi connectivity index (χ1n) is 2.83. The van der Waals surface area contributed by atoms with E-state index in [2.05, 4.69) is 4.74 Å². The molecule has 0 bridgehead atoms. The molecule has 64 valence electrons. The van der Waals surface area contributed by atoms with Crippen molar-refractivity contribution in [2.45, 2.75) is 12.8 Å². The molecule has 0 saturated carbocycles. The van der Waals surface area contributed by atoms with Gasteiger partial charge in [-0.2, -0.15) is 0 Å². The van der Waals surface area contributed by atoms with Gasteiger partial charge in [-0.3, -0.25) is 0 Å². The maximum Gasteiger partial charge on any atom is 0.261 e. The highest BCUT2D eigenvalue weighted by molar-refractivity contribution is 5.85. The van der Waals surface area contributed by atoms with Crippen LogP contribution < -0.4 is 5.73 Å². The Bertz CT molecular complexity index is 65.6. The first-order valence-corrected chi connectivity index (χ1v) is 2.83. The number of ether oxygens (including phenoxy) is 1. The van der Waals surface area contributed by atoms with Gasteiger partial charge >= 0.3 is 0 Å². The monoisotopic (exact) mass is 175 g/mol. The molecule has 0 unspecified atom stereocenters. The van der Waals surface area contributed by atoms with Gasteiger partial charge in [0.25, 0.3) is 6.43 Å². The van der Waals surface area contributed by atoms with Gasteiger partial charge in [0.05, 0.1) is 0 Å². The van der Waals surface area contributed by atoms with Crippen LogP contribution in [0.3, 0.4) is 0 Å². The minimum Gasteiger partial charge on any atom is -0.375 e. The van der Waals surface area contributed by atoms with Crippen molar-refractivity contribution in [2.24, 2.45) is 5.73 Å². The highest BCUT2D eigenvalue weighted by Crippen LogP contribution is 1.92. The summed E-state index contributed by atoms with van der Waals surface area (Å²) >= 11 is 0. The van der Waals surface area contributed by atoms with Crippen LogP contribution in [-0.2, 0) is 4.74 Å². The van der Waals surface area contributed by atoms with E-state index in [1.54, 1.807) is 0 Å². The summed E-state index contributed by atoms with van der Waals surface area (Å²) in [5, 5.41) is 0. The van der Waals surface area contributed by atoms with Crippen molar-refractivity contribution >= 4 is 12.4 Å². The molecule has 0 aliphatic heterocycles. The van der Waals surface area contributed by atoms with Gasteiger partial charge in [-0.15, -0.1) is 12.4 Å². The van der Waals surface area contributed by atoms with Crippen molar-refractivity contribution in [3.05, 3.63) is 0 Å². The molecule has 0 heterocycles. The largest absolute Gasteiger partial charge is 0.375 e. The van der Waals surface area contributed by atoms with Gasteiger partial charge in [-0.1, -0.05) is 0 Å². The second-order valence-electron chi connectivity index (χ2n) is 1.61. The predicted molar refractivity (Wildman–Crippen MR) is 37.7 cm³/mol. The number of alkyl halides is 2. The molecule has 0 amide bonds. The van der Waals surface area contributed by atoms with Gasteiger partial charge in [0, 0.05) is 6.61 Å². The summed E-state index contributed by atoms with van der Waals surface area (Å²) in [6.45, 7) is 0.351. The second kappa shape index (κ2) is 9.07. The van der Waals surface area contributed by atoms with E-state index in [1.165, 1.54) is 0 Å². The minimum atomic E-state index is -2.36. The SMILES string of the molecule is Cl.NCCCOCC(F)F. The van der Waals surface area contributed by atoms with E-state index in [0.29, 0.717) is 19.6 Å². The molecule has 0 aliphatic rings. The Morgan fingerprint density at radius 3 is 2.40 bits per heavy atom. The topological polar surface area (TPSA) is 35.2 Å². The summed E-state index contributed by atoms with van der Waals surface area (Å²) < 4.78 is 27.1. The Morgan fingerprint density at radius 2 is 2.00 bits per heavy atom. The van der Waals surface area contributed by atoms with E-state index in [9.17, 15) is 8.78 Å². The number of rotatable bonds is 5. The van der Waals surface area contributed by atoms with E-state index in [4.69, 9.17) is 5.73 Å². The Morgan fingerprint density at radius 1 is 1.40 bits per heavy atom. The molecule has 0 aromatic rings. The van der Waals surface area contributed by atoms with Crippen molar-refractivity contribution < 1.29 is 13.5 Å². The molecule has 10 heavy (non-hydrogen) atoms. The summed E-state index contributed by atoms with van der Waals surface area (Å²) in [7, 11) is 0. The summed E-state index contributed by atoms with van der Waals surface area (Å²) in [4.78, 5) is 0. The molecule has 0 spiro atoms. The molecule has 2 N–H and O–H groups in total. The number of nitrogens with two attached hydrogens (primary N) is 1. The molecule has 2 nitrogen and oxygen atoms in total. The van der Waals surface area contributed by atoms with Gasteiger partial charge in [-0.25, -0.2) is 8.78 Å². The van der Waals surface area contributed by atoms with Crippen molar-refractivity contribution in [2.75, 3.05) is 19.8 Å². The van der Waals surface area contributed by atoms with E-state index < -0.39 is 13.0 Å². The molecule has 0 atom stereocenters. The third-order valence-corrected chi connectivity index (χ3v) is 0.737. The van der Waals surface area contributed by atoms with Crippen LogP contribution in [0.2, 0.25) is 0 Å². The average molecular weight is 176 g/mol. The lowest BCUT2D eigenvalue weighted by atomic mass is 10.5. The van der Waals surface area contributed by atoms with Crippen molar-refractivity contribution in [3.8, 4) is 0 Å². The lowest BCUT2D eigenvalue weighted by molar-refractivity contribution is 0.0173. The van der Waals surface area contributed by atoms with Crippen LogP contribution in [0.15, 0.2) is 0 Å². The molecule has 0 rings (SSSR count). The van der Waals surface area contributed by atoms with Gasteiger partial charge in [-0.05, 0) is 13.0 Å². The van der Waals surface area contributed by atoms with Gasteiger partial charge in [0.15, 0.2) is 0 Å². The Kier molecular flexibility index (Phi) is 11.5. The summed E-state index contributed by atoms with van der Waals surface area (Å²) in [6, 6.07) is 0. The third-order valence-electron chi connectivity index (χ3n) is 0.737. The molecule has 0 aromatic heterocycles. The summed E-state index contributed by atoms with van der Waals surface area (Å²) in [5.74, 6) is 0. The normalized spacial score (nSPS) is 9.60. The standard InChI is InChI=1S/C5H11F2NO.ClH/c6-5(7)4-9-3-1-2-8;/h5H,1-4,8H2;1H. The molecule has 5 heteroatoms.